The third-order valence-electron chi connectivity index (χ3n) is 6.69. The van der Waals surface area contributed by atoms with E-state index < -0.39 is 6.10 Å². The average Bonchev–Trinajstić information content (AvgIpc) is 2.93. The van der Waals surface area contributed by atoms with Crippen LogP contribution in [0.4, 0.5) is 0 Å². The Hall–Kier alpha value is -2.77. The van der Waals surface area contributed by atoms with Crippen molar-refractivity contribution in [3.63, 3.8) is 0 Å². The maximum atomic E-state index is 13.5. The van der Waals surface area contributed by atoms with Crippen molar-refractivity contribution in [2.45, 2.75) is 44.6 Å². The minimum absolute atomic E-state index is 0.0167. The molecule has 0 saturated carbocycles. The minimum atomic E-state index is -0.391. The molecular formula is C30H33Cl2NO5. The van der Waals surface area contributed by atoms with E-state index in [1.54, 1.807) is 14.2 Å². The zero-order chi connectivity index (χ0) is 27.1. The van der Waals surface area contributed by atoms with E-state index in [0.717, 1.165) is 29.5 Å². The Morgan fingerprint density at radius 2 is 1.71 bits per heavy atom. The SMILES string of the molecule is CCCC(COCc1ccc(OC)c(OC)c1)N1C(=O)COC(c2cccc(Cl)c2)C1c1ccc(Cl)cc1. The van der Waals surface area contributed by atoms with E-state index in [4.69, 9.17) is 42.1 Å². The van der Waals surface area contributed by atoms with Gasteiger partial charge in [0.15, 0.2) is 11.5 Å². The molecule has 4 rings (SSSR count). The number of nitrogens with zero attached hydrogens (tertiary/aromatic N) is 1. The molecule has 1 heterocycles. The largest absolute Gasteiger partial charge is 0.493 e. The van der Waals surface area contributed by atoms with Crippen molar-refractivity contribution in [1.82, 2.24) is 4.90 Å². The van der Waals surface area contributed by atoms with Gasteiger partial charge in [0.2, 0.25) is 5.91 Å². The van der Waals surface area contributed by atoms with Crippen LogP contribution in [0.2, 0.25) is 10.0 Å². The summed E-state index contributed by atoms with van der Waals surface area (Å²) in [7, 11) is 3.22. The maximum absolute atomic E-state index is 13.5. The minimum Gasteiger partial charge on any atom is -0.493 e. The van der Waals surface area contributed by atoms with Crippen molar-refractivity contribution in [2.75, 3.05) is 27.4 Å². The van der Waals surface area contributed by atoms with Gasteiger partial charge < -0.3 is 23.8 Å². The first kappa shape index (κ1) is 28.2. The molecule has 3 aromatic carbocycles. The summed E-state index contributed by atoms with van der Waals surface area (Å²) in [5, 5.41) is 1.25. The number of rotatable bonds is 11. The van der Waals surface area contributed by atoms with Crippen LogP contribution in [0.15, 0.2) is 66.7 Å². The highest BCUT2D eigenvalue weighted by Gasteiger charge is 2.42. The number of methoxy groups -OCH3 is 2. The van der Waals surface area contributed by atoms with Crippen molar-refractivity contribution >= 4 is 29.1 Å². The fourth-order valence-corrected chi connectivity index (χ4v) is 5.26. The van der Waals surface area contributed by atoms with E-state index in [0.29, 0.717) is 34.8 Å². The number of benzene rings is 3. The van der Waals surface area contributed by atoms with E-state index in [1.165, 1.54) is 0 Å². The van der Waals surface area contributed by atoms with E-state index in [-0.39, 0.29) is 24.6 Å². The molecule has 3 aromatic rings. The van der Waals surface area contributed by atoms with Gasteiger partial charge in [-0.15, -0.1) is 0 Å². The summed E-state index contributed by atoms with van der Waals surface area (Å²) in [6.45, 7) is 2.85. The summed E-state index contributed by atoms with van der Waals surface area (Å²) in [4.78, 5) is 15.4. The van der Waals surface area contributed by atoms with Crippen LogP contribution in [-0.2, 0) is 20.9 Å². The number of hydrogen-bond donors (Lipinski definition) is 0. The van der Waals surface area contributed by atoms with Gasteiger partial charge in [0, 0.05) is 10.0 Å². The first-order valence-corrected chi connectivity index (χ1v) is 13.4. The van der Waals surface area contributed by atoms with E-state index in [1.807, 2.05) is 71.6 Å². The van der Waals surface area contributed by atoms with Gasteiger partial charge in [-0.05, 0) is 59.5 Å². The first-order valence-electron chi connectivity index (χ1n) is 12.7. The van der Waals surface area contributed by atoms with Gasteiger partial charge in [-0.1, -0.05) is 66.9 Å². The van der Waals surface area contributed by atoms with Crippen LogP contribution in [-0.4, -0.2) is 44.3 Å². The summed E-state index contributed by atoms with van der Waals surface area (Å²) in [6, 6.07) is 20.4. The fraction of sp³-hybridized carbons (Fsp3) is 0.367. The molecule has 3 unspecified atom stereocenters. The lowest BCUT2D eigenvalue weighted by Crippen LogP contribution is -2.52. The topological polar surface area (TPSA) is 57.2 Å². The Balaban J connectivity index is 1.62. The highest BCUT2D eigenvalue weighted by Crippen LogP contribution is 2.42. The van der Waals surface area contributed by atoms with Gasteiger partial charge in [0.1, 0.15) is 12.7 Å². The smallest absolute Gasteiger partial charge is 0.249 e. The molecule has 1 saturated heterocycles. The zero-order valence-corrected chi connectivity index (χ0v) is 23.4. The molecule has 0 spiro atoms. The van der Waals surface area contributed by atoms with E-state index in [9.17, 15) is 4.79 Å². The second-order valence-electron chi connectivity index (χ2n) is 9.23. The molecule has 1 aliphatic rings. The highest BCUT2D eigenvalue weighted by atomic mass is 35.5. The fourth-order valence-electron chi connectivity index (χ4n) is 4.94. The summed E-state index contributed by atoms with van der Waals surface area (Å²) < 4.78 is 23.1. The van der Waals surface area contributed by atoms with Crippen LogP contribution in [0.3, 0.4) is 0 Å². The Morgan fingerprint density at radius 3 is 2.39 bits per heavy atom. The Bertz CT molecular complexity index is 1220. The van der Waals surface area contributed by atoms with Gasteiger partial charge in [-0.2, -0.15) is 0 Å². The van der Waals surface area contributed by atoms with Crippen LogP contribution in [0.5, 0.6) is 11.5 Å². The van der Waals surface area contributed by atoms with Gasteiger partial charge >= 0.3 is 0 Å². The van der Waals surface area contributed by atoms with Crippen molar-refractivity contribution in [2.24, 2.45) is 0 Å². The normalized spacial score (nSPS) is 18.3. The standard InChI is InChI=1S/C30H33Cl2NO5/c1-4-6-25(18-37-17-20-9-14-26(35-2)27(15-20)36-3)33-28(34)19-38-30(22-7-5-8-24(32)16-22)29(33)21-10-12-23(31)13-11-21/h5,7-16,25,29-30H,4,6,17-19H2,1-3H3. The number of carbonyl (C=O) groups excluding carboxylic acids is 1. The third-order valence-corrected chi connectivity index (χ3v) is 7.18. The molecule has 8 heteroatoms. The molecule has 0 N–H and O–H groups in total. The summed E-state index contributed by atoms with van der Waals surface area (Å²) in [6.07, 6.45) is 1.28. The molecule has 0 bridgehead atoms. The third kappa shape index (κ3) is 6.62. The number of ether oxygens (including phenoxy) is 4. The Kier molecular flexibility index (Phi) is 9.91. The lowest BCUT2D eigenvalue weighted by Gasteiger charge is -2.45. The first-order chi connectivity index (χ1) is 18.4. The second-order valence-corrected chi connectivity index (χ2v) is 10.1. The Morgan fingerprint density at radius 1 is 0.947 bits per heavy atom. The summed E-state index contributed by atoms with van der Waals surface area (Å²) in [5.41, 5.74) is 2.81. The van der Waals surface area contributed by atoms with Crippen LogP contribution in [0, 0.1) is 0 Å². The summed E-state index contributed by atoms with van der Waals surface area (Å²) >= 11 is 12.5. The van der Waals surface area contributed by atoms with Crippen LogP contribution in [0.25, 0.3) is 0 Å². The van der Waals surface area contributed by atoms with E-state index >= 15 is 0 Å². The lowest BCUT2D eigenvalue weighted by molar-refractivity contribution is -0.166. The average molecular weight is 559 g/mol. The molecule has 6 nitrogen and oxygen atoms in total. The highest BCUT2D eigenvalue weighted by molar-refractivity contribution is 6.30. The van der Waals surface area contributed by atoms with Crippen molar-refractivity contribution in [1.29, 1.82) is 0 Å². The van der Waals surface area contributed by atoms with Gasteiger partial charge in [-0.25, -0.2) is 0 Å². The second kappa shape index (κ2) is 13.3. The van der Waals surface area contributed by atoms with E-state index in [2.05, 4.69) is 6.92 Å². The molecule has 1 amide bonds. The molecule has 1 aliphatic heterocycles. The van der Waals surface area contributed by atoms with Crippen molar-refractivity contribution < 1.29 is 23.7 Å². The molecule has 38 heavy (non-hydrogen) atoms. The molecule has 0 radical (unpaired) electrons. The predicted molar refractivity (Wildman–Crippen MR) is 149 cm³/mol. The molecule has 0 aromatic heterocycles. The van der Waals surface area contributed by atoms with Gasteiger partial charge in [0.25, 0.3) is 0 Å². The quantitative estimate of drug-likeness (QED) is 0.253. The number of hydrogen-bond acceptors (Lipinski definition) is 5. The number of morpholine rings is 1. The molecule has 3 atom stereocenters. The number of carbonyl (C=O) groups is 1. The molecule has 202 valence electrons. The number of halogens is 2. The lowest BCUT2D eigenvalue weighted by atomic mass is 9.91. The van der Waals surface area contributed by atoms with Crippen LogP contribution < -0.4 is 9.47 Å². The molecule has 1 fully saturated rings. The van der Waals surface area contributed by atoms with Crippen molar-refractivity contribution in [3.05, 3.63) is 93.5 Å². The van der Waals surface area contributed by atoms with Crippen LogP contribution in [0.1, 0.15) is 48.6 Å². The summed E-state index contributed by atoms with van der Waals surface area (Å²) in [5.74, 6) is 1.24. The maximum Gasteiger partial charge on any atom is 0.249 e. The van der Waals surface area contributed by atoms with Gasteiger partial charge in [-0.3, -0.25) is 4.79 Å². The zero-order valence-electron chi connectivity index (χ0n) is 21.9. The predicted octanol–water partition coefficient (Wildman–Crippen LogP) is 7.04. The van der Waals surface area contributed by atoms with Gasteiger partial charge in [0.05, 0.1) is 39.5 Å². The monoisotopic (exact) mass is 557 g/mol. The Labute approximate surface area is 234 Å². The molecule has 0 aliphatic carbocycles. The number of amides is 1. The van der Waals surface area contributed by atoms with Crippen LogP contribution >= 0.6 is 23.2 Å². The van der Waals surface area contributed by atoms with Crippen molar-refractivity contribution in [3.8, 4) is 11.5 Å². The molecular weight excluding hydrogens is 525 g/mol.